The quantitative estimate of drug-likeness (QED) is 0.752. The molecule has 0 unspecified atom stereocenters. The van der Waals surface area contributed by atoms with E-state index >= 15 is 0 Å². The molecule has 0 bridgehead atoms. The van der Waals surface area contributed by atoms with Gasteiger partial charge in [0.2, 0.25) is 0 Å². The fraction of sp³-hybridized carbons (Fsp3) is 0.571. The number of rotatable bonds is 7. The van der Waals surface area contributed by atoms with Crippen LogP contribution >= 0.6 is 0 Å². The van der Waals surface area contributed by atoms with Crippen molar-refractivity contribution in [3.63, 3.8) is 0 Å². The number of anilines is 1. The van der Waals surface area contributed by atoms with Crippen molar-refractivity contribution in [1.29, 1.82) is 0 Å². The van der Waals surface area contributed by atoms with Crippen LogP contribution < -0.4 is 10.2 Å². The Bertz CT molecular complexity index is 387. The summed E-state index contributed by atoms with van der Waals surface area (Å²) in [6, 6.07) is 0. The third kappa shape index (κ3) is 3.53. The maximum Gasteiger partial charge on any atom is 0.131 e. The summed E-state index contributed by atoms with van der Waals surface area (Å²) in [6.07, 6.45) is 3.84. The summed E-state index contributed by atoms with van der Waals surface area (Å²) in [4.78, 5) is 11.3. The zero-order valence-corrected chi connectivity index (χ0v) is 11.9. The van der Waals surface area contributed by atoms with Crippen molar-refractivity contribution >= 4 is 5.69 Å². The van der Waals surface area contributed by atoms with Crippen molar-refractivity contribution in [3.05, 3.63) is 30.4 Å². The molecule has 0 radical (unpaired) electrons. The van der Waals surface area contributed by atoms with Gasteiger partial charge in [0, 0.05) is 25.6 Å². The van der Waals surface area contributed by atoms with E-state index in [-0.39, 0.29) is 0 Å². The summed E-state index contributed by atoms with van der Waals surface area (Å²) in [5, 5.41) is 3.17. The fourth-order valence-electron chi connectivity index (χ4n) is 1.82. The molecule has 0 saturated carbocycles. The second-order valence-corrected chi connectivity index (χ2v) is 4.57. The summed E-state index contributed by atoms with van der Waals surface area (Å²) in [7, 11) is 1.94. The first-order chi connectivity index (χ1) is 8.63. The van der Waals surface area contributed by atoms with Crippen LogP contribution in [-0.2, 0) is 6.54 Å². The molecule has 0 aliphatic rings. The summed E-state index contributed by atoms with van der Waals surface area (Å²) < 4.78 is 0. The molecule has 1 heterocycles. The van der Waals surface area contributed by atoms with Gasteiger partial charge in [-0.15, -0.1) is 6.58 Å². The largest absolute Gasteiger partial charge is 0.365 e. The highest BCUT2D eigenvalue weighted by molar-refractivity contribution is 5.49. The maximum atomic E-state index is 4.66. The molecule has 1 aromatic rings. The van der Waals surface area contributed by atoms with Crippen LogP contribution in [0.2, 0.25) is 0 Å². The van der Waals surface area contributed by atoms with Crippen molar-refractivity contribution in [2.45, 2.75) is 33.2 Å². The van der Waals surface area contributed by atoms with E-state index in [0.29, 0.717) is 5.92 Å². The van der Waals surface area contributed by atoms with Gasteiger partial charge in [0.15, 0.2) is 0 Å². The second-order valence-electron chi connectivity index (χ2n) is 4.57. The Balaban J connectivity index is 3.12. The van der Waals surface area contributed by atoms with Crippen LogP contribution in [0.25, 0.3) is 0 Å². The van der Waals surface area contributed by atoms with Crippen LogP contribution in [0.3, 0.4) is 0 Å². The molecular formula is C14H24N4. The van der Waals surface area contributed by atoms with Crippen LogP contribution in [0.5, 0.6) is 0 Å². The van der Waals surface area contributed by atoms with Gasteiger partial charge >= 0.3 is 0 Å². The van der Waals surface area contributed by atoms with E-state index in [0.717, 1.165) is 36.8 Å². The van der Waals surface area contributed by atoms with Crippen LogP contribution in [-0.4, -0.2) is 30.1 Å². The van der Waals surface area contributed by atoms with Gasteiger partial charge in [0.25, 0.3) is 0 Å². The van der Waals surface area contributed by atoms with Gasteiger partial charge in [-0.3, -0.25) is 0 Å². The van der Waals surface area contributed by atoms with Crippen LogP contribution in [0.4, 0.5) is 5.69 Å². The lowest BCUT2D eigenvalue weighted by Gasteiger charge is -2.24. The third-order valence-corrected chi connectivity index (χ3v) is 2.80. The fourth-order valence-corrected chi connectivity index (χ4v) is 1.82. The number of hydrogen-bond acceptors (Lipinski definition) is 4. The summed E-state index contributed by atoms with van der Waals surface area (Å²) in [6.45, 7) is 12.6. The highest BCUT2D eigenvalue weighted by atomic mass is 15.1. The summed E-state index contributed by atoms with van der Waals surface area (Å²) >= 11 is 0. The molecular weight excluding hydrogens is 224 g/mol. The number of nitrogens with one attached hydrogen (secondary N) is 1. The number of hydrogen-bond donors (Lipinski definition) is 1. The highest BCUT2D eigenvalue weighted by Gasteiger charge is 2.13. The number of nitrogens with zero attached hydrogens (tertiary/aromatic N) is 3. The number of aromatic nitrogens is 2. The highest BCUT2D eigenvalue weighted by Crippen LogP contribution is 2.20. The van der Waals surface area contributed by atoms with Gasteiger partial charge in [-0.2, -0.15) is 0 Å². The minimum Gasteiger partial charge on any atom is -0.365 e. The zero-order valence-electron chi connectivity index (χ0n) is 11.9. The monoisotopic (exact) mass is 248 g/mol. The van der Waals surface area contributed by atoms with E-state index in [2.05, 4.69) is 47.5 Å². The standard InChI is InChI=1S/C14H24N4/c1-6-8-18(7-2)13-10-16-14(11(3)4)17-12(13)9-15-5/h6,10-11,15H,1,7-9H2,2-5H3. The lowest BCUT2D eigenvalue weighted by Crippen LogP contribution is -2.26. The van der Waals surface area contributed by atoms with Crippen LogP contribution in [0.15, 0.2) is 18.9 Å². The minimum absolute atomic E-state index is 0.351. The van der Waals surface area contributed by atoms with Gasteiger partial charge in [-0.05, 0) is 14.0 Å². The van der Waals surface area contributed by atoms with Crippen molar-refractivity contribution in [1.82, 2.24) is 15.3 Å². The van der Waals surface area contributed by atoms with Crippen molar-refractivity contribution in [2.24, 2.45) is 0 Å². The second kappa shape index (κ2) is 7.11. The molecule has 1 aromatic heterocycles. The van der Waals surface area contributed by atoms with E-state index in [9.17, 15) is 0 Å². The first-order valence-corrected chi connectivity index (χ1v) is 6.50. The Morgan fingerprint density at radius 2 is 2.22 bits per heavy atom. The van der Waals surface area contributed by atoms with E-state index in [4.69, 9.17) is 0 Å². The Morgan fingerprint density at radius 1 is 1.50 bits per heavy atom. The van der Waals surface area contributed by atoms with Gasteiger partial charge < -0.3 is 10.2 Å². The molecule has 0 fully saturated rings. The van der Waals surface area contributed by atoms with Crippen molar-refractivity contribution in [2.75, 3.05) is 25.0 Å². The molecule has 0 spiro atoms. The Labute approximate surface area is 110 Å². The first kappa shape index (κ1) is 14.6. The Kier molecular flexibility index (Phi) is 5.78. The number of likely N-dealkylation sites (N-methyl/N-ethyl adjacent to an activating group) is 1. The molecule has 0 aliphatic carbocycles. The third-order valence-electron chi connectivity index (χ3n) is 2.80. The van der Waals surface area contributed by atoms with Gasteiger partial charge in [0.1, 0.15) is 5.82 Å². The Hall–Kier alpha value is -1.42. The average Bonchev–Trinajstić information content (AvgIpc) is 2.36. The molecule has 4 heteroatoms. The predicted molar refractivity (Wildman–Crippen MR) is 77.0 cm³/mol. The molecule has 1 rings (SSSR count). The van der Waals surface area contributed by atoms with Crippen LogP contribution in [0.1, 0.15) is 38.2 Å². The molecule has 0 amide bonds. The molecule has 0 aromatic carbocycles. The van der Waals surface area contributed by atoms with E-state index in [1.165, 1.54) is 0 Å². The minimum atomic E-state index is 0.351. The lowest BCUT2D eigenvalue weighted by molar-refractivity contribution is 0.718. The Morgan fingerprint density at radius 3 is 2.72 bits per heavy atom. The van der Waals surface area contributed by atoms with Crippen molar-refractivity contribution in [3.8, 4) is 0 Å². The first-order valence-electron chi connectivity index (χ1n) is 6.50. The summed E-state index contributed by atoms with van der Waals surface area (Å²) in [5.74, 6) is 1.25. The SMILES string of the molecule is C=CCN(CC)c1cnc(C(C)C)nc1CNC. The summed E-state index contributed by atoms with van der Waals surface area (Å²) in [5.41, 5.74) is 2.15. The van der Waals surface area contributed by atoms with E-state index in [1.54, 1.807) is 0 Å². The zero-order chi connectivity index (χ0) is 13.5. The van der Waals surface area contributed by atoms with Gasteiger partial charge in [0.05, 0.1) is 17.6 Å². The van der Waals surface area contributed by atoms with Gasteiger partial charge in [-0.1, -0.05) is 19.9 Å². The normalized spacial score (nSPS) is 10.7. The topological polar surface area (TPSA) is 41.1 Å². The molecule has 100 valence electrons. The molecule has 0 aliphatic heterocycles. The van der Waals surface area contributed by atoms with E-state index in [1.807, 2.05) is 19.3 Å². The maximum absolute atomic E-state index is 4.66. The molecule has 0 atom stereocenters. The molecule has 4 nitrogen and oxygen atoms in total. The molecule has 1 N–H and O–H groups in total. The van der Waals surface area contributed by atoms with E-state index < -0.39 is 0 Å². The van der Waals surface area contributed by atoms with Gasteiger partial charge in [-0.25, -0.2) is 9.97 Å². The predicted octanol–water partition coefficient (Wildman–Crippen LogP) is 2.33. The molecule has 0 saturated heterocycles. The smallest absolute Gasteiger partial charge is 0.131 e. The van der Waals surface area contributed by atoms with Crippen molar-refractivity contribution < 1.29 is 0 Å². The molecule has 18 heavy (non-hydrogen) atoms. The van der Waals surface area contributed by atoms with Crippen LogP contribution in [0, 0.1) is 0 Å². The average molecular weight is 248 g/mol. The lowest BCUT2D eigenvalue weighted by atomic mass is 10.2.